The zero-order chi connectivity index (χ0) is 21.8. The van der Waals surface area contributed by atoms with Crippen LogP contribution in [0.3, 0.4) is 0 Å². The third kappa shape index (κ3) is 5.99. The summed E-state index contributed by atoms with van der Waals surface area (Å²) in [5.74, 6) is 0.330. The number of hydrogen-bond acceptors (Lipinski definition) is 4. The number of carbonyl (C=O) groups is 1. The van der Waals surface area contributed by atoms with E-state index < -0.39 is 5.60 Å². The topological polar surface area (TPSA) is 85.2 Å². The standard InChI is InChI=1S/C23H29N3O2S/c1-14(2)19-11-16(13-24)12-20(15(3)4)21(19)25-22(27)26-29-18-9-7-17(8-10-18)23(5,6)28/h7-12,14-15,28H,1-6H3,(H2,25,26,27). The van der Waals surface area contributed by atoms with Gasteiger partial charge in [0.25, 0.3) is 0 Å². The van der Waals surface area contributed by atoms with Gasteiger partial charge >= 0.3 is 6.03 Å². The van der Waals surface area contributed by atoms with E-state index >= 15 is 0 Å². The minimum absolute atomic E-state index is 0.165. The number of nitriles is 1. The molecule has 29 heavy (non-hydrogen) atoms. The lowest BCUT2D eigenvalue weighted by Crippen LogP contribution is -2.24. The first-order chi connectivity index (χ1) is 13.5. The largest absolute Gasteiger partial charge is 0.386 e. The molecule has 6 heteroatoms. The molecule has 2 amide bonds. The van der Waals surface area contributed by atoms with E-state index in [-0.39, 0.29) is 17.9 Å². The summed E-state index contributed by atoms with van der Waals surface area (Å²) in [6.45, 7) is 11.6. The van der Waals surface area contributed by atoms with Crippen LogP contribution < -0.4 is 10.0 Å². The SMILES string of the molecule is CC(C)c1cc(C#N)cc(C(C)C)c1NC(=O)NSc1ccc(C(C)(C)O)cc1. The van der Waals surface area contributed by atoms with Crippen LogP contribution in [0.4, 0.5) is 10.5 Å². The molecule has 0 radical (unpaired) electrons. The van der Waals surface area contributed by atoms with Crippen molar-refractivity contribution in [2.24, 2.45) is 0 Å². The minimum Gasteiger partial charge on any atom is -0.386 e. The molecular formula is C23H29N3O2S. The smallest absolute Gasteiger partial charge is 0.329 e. The second kappa shape index (κ2) is 9.34. The predicted octanol–water partition coefficient (Wildman–Crippen LogP) is 5.86. The fraction of sp³-hybridized carbons (Fsp3) is 0.391. The van der Waals surface area contributed by atoms with Crippen molar-refractivity contribution in [3.63, 3.8) is 0 Å². The molecule has 0 aliphatic carbocycles. The highest BCUT2D eigenvalue weighted by Crippen LogP contribution is 2.34. The second-order valence-corrected chi connectivity index (χ2v) is 9.07. The van der Waals surface area contributed by atoms with Gasteiger partial charge in [0.1, 0.15) is 0 Å². The average molecular weight is 412 g/mol. The van der Waals surface area contributed by atoms with E-state index in [4.69, 9.17) is 0 Å². The van der Waals surface area contributed by atoms with Crippen LogP contribution >= 0.6 is 11.9 Å². The summed E-state index contributed by atoms with van der Waals surface area (Å²) in [5, 5.41) is 22.3. The first kappa shape index (κ1) is 22.8. The van der Waals surface area contributed by atoms with Crippen molar-refractivity contribution in [2.45, 2.75) is 63.9 Å². The van der Waals surface area contributed by atoms with Crippen molar-refractivity contribution in [3.8, 4) is 6.07 Å². The van der Waals surface area contributed by atoms with Crippen molar-refractivity contribution < 1.29 is 9.90 Å². The van der Waals surface area contributed by atoms with Crippen molar-refractivity contribution >= 4 is 23.7 Å². The van der Waals surface area contributed by atoms with E-state index in [1.165, 1.54) is 11.9 Å². The fourth-order valence-corrected chi connectivity index (χ4v) is 3.52. The van der Waals surface area contributed by atoms with Crippen LogP contribution in [0.2, 0.25) is 0 Å². The molecular weight excluding hydrogens is 382 g/mol. The van der Waals surface area contributed by atoms with Crippen LogP contribution in [0.1, 0.15) is 75.6 Å². The maximum absolute atomic E-state index is 12.6. The molecule has 154 valence electrons. The van der Waals surface area contributed by atoms with Gasteiger partial charge in [-0.3, -0.25) is 4.72 Å². The lowest BCUT2D eigenvalue weighted by molar-refractivity contribution is 0.0785. The van der Waals surface area contributed by atoms with Gasteiger partial charge in [0.2, 0.25) is 0 Å². The summed E-state index contributed by atoms with van der Waals surface area (Å²) in [7, 11) is 0. The van der Waals surface area contributed by atoms with Gasteiger partial charge in [0.15, 0.2) is 0 Å². The van der Waals surface area contributed by atoms with Crippen molar-refractivity contribution in [2.75, 3.05) is 5.32 Å². The molecule has 0 atom stereocenters. The molecule has 3 N–H and O–H groups in total. The molecule has 0 unspecified atom stereocenters. The van der Waals surface area contributed by atoms with E-state index in [9.17, 15) is 15.2 Å². The Bertz CT molecular complexity index is 878. The molecule has 0 fully saturated rings. The van der Waals surface area contributed by atoms with E-state index in [0.717, 1.165) is 27.3 Å². The molecule has 0 saturated carbocycles. The first-order valence-electron chi connectivity index (χ1n) is 9.67. The third-order valence-corrected chi connectivity index (χ3v) is 5.43. The molecule has 0 aliphatic rings. The molecule has 2 aromatic rings. The highest BCUT2D eigenvalue weighted by molar-refractivity contribution is 7.98. The predicted molar refractivity (Wildman–Crippen MR) is 119 cm³/mol. The summed E-state index contributed by atoms with van der Waals surface area (Å²) in [5.41, 5.74) is 3.18. The molecule has 0 aliphatic heterocycles. The number of urea groups is 1. The number of amides is 2. The Balaban J connectivity index is 2.17. The van der Waals surface area contributed by atoms with Gasteiger partial charge < -0.3 is 10.4 Å². The Morgan fingerprint density at radius 3 is 2.00 bits per heavy atom. The maximum atomic E-state index is 12.6. The highest BCUT2D eigenvalue weighted by atomic mass is 32.2. The molecule has 0 saturated heterocycles. The molecule has 0 aromatic heterocycles. The number of nitrogens with zero attached hydrogens (tertiary/aromatic N) is 1. The summed E-state index contributed by atoms with van der Waals surface area (Å²) in [6.07, 6.45) is 0. The Morgan fingerprint density at radius 2 is 1.59 bits per heavy atom. The van der Waals surface area contributed by atoms with Crippen LogP contribution in [-0.2, 0) is 5.60 Å². The van der Waals surface area contributed by atoms with Gasteiger partial charge in [0, 0.05) is 10.6 Å². The molecule has 0 heterocycles. The highest BCUT2D eigenvalue weighted by Gasteiger charge is 2.18. The number of nitrogens with one attached hydrogen (secondary N) is 2. The normalized spacial score (nSPS) is 11.4. The number of hydrogen-bond donors (Lipinski definition) is 3. The molecule has 5 nitrogen and oxygen atoms in total. The van der Waals surface area contributed by atoms with Gasteiger partial charge in [-0.2, -0.15) is 5.26 Å². The number of anilines is 1. The van der Waals surface area contributed by atoms with Crippen LogP contribution in [0.25, 0.3) is 0 Å². The minimum atomic E-state index is -0.899. The monoisotopic (exact) mass is 411 g/mol. The van der Waals surface area contributed by atoms with Crippen LogP contribution in [0.5, 0.6) is 0 Å². The molecule has 2 rings (SSSR count). The number of benzene rings is 2. The lowest BCUT2D eigenvalue weighted by Gasteiger charge is -2.21. The fourth-order valence-electron chi connectivity index (χ4n) is 2.98. The van der Waals surface area contributed by atoms with Crippen LogP contribution in [0.15, 0.2) is 41.3 Å². The Labute approximate surface area is 177 Å². The Morgan fingerprint density at radius 1 is 1.07 bits per heavy atom. The van der Waals surface area contributed by atoms with Gasteiger partial charge in [0.05, 0.1) is 17.2 Å². The lowest BCUT2D eigenvalue weighted by atomic mass is 9.90. The zero-order valence-electron chi connectivity index (χ0n) is 17.8. The molecule has 2 aromatic carbocycles. The summed E-state index contributed by atoms with van der Waals surface area (Å²) in [4.78, 5) is 13.4. The van der Waals surface area contributed by atoms with E-state index in [2.05, 4.69) is 16.1 Å². The quantitative estimate of drug-likeness (QED) is 0.520. The first-order valence-corrected chi connectivity index (χ1v) is 10.5. The number of rotatable bonds is 6. The van der Waals surface area contributed by atoms with Gasteiger partial charge in [-0.05, 0) is 78.6 Å². The van der Waals surface area contributed by atoms with E-state index in [1.807, 2.05) is 64.1 Å². The second-order valence-electron chi connectivity index (χ2n) is 8.19. The molecule has 0 bridgehead atoms. The van der Waals surface area contributed by atoms with E-state index in [0.29, 0.717) is 5.56 Å². The van der Waals surface area contributed by atoms with Crippen molar-refractivity contribution in [1.82, 2.24) is 4.72 Å². The van der Waals surface area contributed by atoms with Gasteiger partial charge in [-0.15, -0.1) is 0 Å². The Hall–Kier alpha value is -2.49. The zero-order valence-corrected chi connectivity index (χ0v) is 18.6. The summed E-state index contributed by atoms with van der Waals surface area (Å²) < 4.78 is 2.81. The van der Waals surface area contributed by atoms with E-state index in [1.54, 1.807) is 13.8 Å². The van der Waals surface area contributed by atoms with Crippen molar-refractivity contribution in [1.29, 1.82) is 5.26 Å². The number of aliphatic hydroxyl groups is 1. The van der Waals surface area contributed by atoms with Gasteiger partial charge in [-0.25, -0.2) is 4.79 Å². The third-order valence-electron chi connectivity index (χ3n) is 4.63. The van der Waals surface area contributed by atoms with Crippen LogP contribution in [-0.4, -0.2) is 11.1 Å². The molecule has 0 spiro atoms. The van der Waals surface area contributed by atoms with Crippen molar-refractivity contribution in [3.05, 3.63) is 58.7 Å². The van der Waals surface area contributed by atoms with Gasteiger partial charge in [-0.1, -0.05) is 39.8 Å². The number of carbonyl (C=O) groups excluding carboxylic acids is 1. The summed E-state index contributed by atoms with van der Waals surface area (Å²) in [6, 6.07) is 13.0. The maximum Gasteiger partial charge on any atom is 0.329 e. The Kier molecular flexibility index (Phi) is 7.34. The average Bonchev–Trinajstić information content (AvgIpc) is 2.65. The summed E-state index contributed by atoms with van der Waals surface area (Å²) >= 11 is 1.21. The van der Waals surface area contributed by atoms with Crippen LogP contribution in [0, 0.1) is 11.3 Å².